The van der Waals surface area contributed by atoms with Crippen LogP contribution >= 0.6 is 0 Å². The SMILES string of the molecule is COc1ccc(CC(=O)O)cc1C#CCNC(C)=O. The van der Waals surface area contributed by atoms with E-state index < -0.39 is 5.97 Å². The lowest BCUT2D eigenvalue weighted by atomic mass is 10.1. The van der Waals surface area contributed by atoms with E-state index in [0.717, 1.165) is 0 Å². The molecule has 0 bridgehead atoms. The van der Waals surface area contributed by atoms with Gasteiger partial charge >= 0.3 is 5.97 Å². The molecule has 0 atom stereocenters. The van der Waals surface area contributed by atoms with E-state index in [1.807, 2.05) is 0 Å². The first-order chi connectivity index (χ1) is 9.02. The van der Waals surface area contributed by atoms with E-state index in [4.69, 9.17) is 9.84 Å². The summed E-state index contributed by atoms with van der Waals surface area (Å²) in [7, 11) is 1.52. The highest BCUT2D eigenvalue weighted by Crippen LogP contribution is 2.19. The zero-order chi connectivity index (χ0) is 14.3. The average Bonchev–Trinajstić information content (AvgIpc) is 2.34. The molecular formula is C14H15NO4. The summed E-state index contributed by atoms with van der Waals surface area (Å²) >= 11 is 0. The Bertz CT molecular complexity index is 540. The van der Waals surface area contributed by atoms with Crippen LogP contribution in [0.5, 0.6) is 5.75 Å². The van der Waals surface area contributed by atoms with Crippen molar-refractivity contribution in [1.29, 1.82) is 0 Å². The number of hydrogen-bond donors (Lipinski definition) is 2. The van der Waals surface area contributed by atoms with Crippen molar-refractivity contribution in [2.45, 2.75) is 13.3 Å². The monoisotopic (exact) mass is 261 g/mol. The van der Waals surface area contributed by atoms with Gasteiger partial charge in [-0.25, -0.2) is 0 Å². The van der Waals surface area contributed by atoms with Crippen LogP contribution in [0.25, 0.3) is 0 Å². The summed E-state index contributed by atoms with van der Waals surface area (Å²) in [6, 6.07) is 5.04. The number of rotatable bonds is 4. The second-order valence-corrected chi connectivity index (χ2v) is 3.82. The Kier molecular flexibility index (Phi) is 5.42. The number of carbonyl (C=O) groups is 2. The summed E-state index contributed by atoms with van der Waals surface area (Å²) in [6.45, 7) is 1.65. The number of ether oxygens (including phenoxy) is 1. The highest BCUT2D eigenvalue weighted by molar-refractivity contribution is 5.73. The summed E-state index contributed by atoms with van der Waals surface area (Å²) in [6.07, 6.45) is -0.0651. The number of carboxylic acids is 1. The Labute approximate surface area is 111 Å². The zero-order valence-electron chi connectivity index (χ0n) is 10.8. The number of methoxy groups -OCH3 is 1. The number of nitrogens with one attached hydrogen (secondary N) is 1. The molecule has 2 N–H and O–H groups in total. The Morgan fingerprint density at radius 3 is 2.74 bits per heavy atom. The van der Waals surface area contributed by atoms with Gasteiger partial charge in [0.2, 0.25) is 5.91 Å². The van der Waals surface area contributed by atoms with Gasteiger partial charge < -0.3 is 15.2 Å². The standard InChI is InChI=1S/C14H15NO4/c1-10(16)15-7-3-4-12-8-11(9-14(17)18)5-6-13(12)19-2/h5-6,8H,7,9H2,1-2H3,(H,15,16)(H,17,18). The predicted molar refractivity (Wildman–Crippen MR) is 69.9 cm³/mol. The van der Waals surface area contributed by atoms with Crippen molar-refractivity contribution in [3.63, 3.8) is 0 Å². The molecule has 0 saturated carbocycles. The van der Waals surface area contributed by atoms with Crippen molar-refractivity contribution in [2.75, 3.05) is 13.7 Å². The van der Waals surface area contributed by atoms with E-state index in [9.17, 15) is 9.59 Å². The van der Waals surface area contributed by atoms with Gasteiger partial charge in [-0.3, -0.25) is 9.59 Å². The highest BCUT2D eigenvalue weighted by atomic mass is 16.5. The fourth-order valence-electron chi connectivity index (χ4n) is 1.45. The molecule has 0 aliphatic heterocycles. The number of carbonyl (C=O) groups excluding carboxylic acids is 1. The van der Waals surface area contributed by atoms with Crippen LogP contribution in [-0.2, 0) is 16.0 Å². The fraction of sp³-hybridized carbons (Fsp3) is 0.286. The first kappa shape index (κ1) is 14.6. The summed E-state index contributed by atoms with van der Waals surface area (Å²) in [5.41, 5.74) is 1.25. The lowest BCUT2D eigenvalue weighted by molar-refractivity contribution is -0.136. The van der Waals surface area contributed by atoms with Gasteiger partial charge in [-0.05, 0) is 17.7 Å². The lowest BCUT2D eigenvalue weighted by Crippen LogP contribution is -2.19. The third-order valence-corrected chi connectivity index (χ3v) is 2.27. The second kappa shape index (κ2) is 7.07. The quantitative estimate of drug-likeness (QED) is 0.786. The van der Waals surface area contributed by atoms with Crippen LogP contribution in [-0.4, -0.2) is 30.6 Å². The molecule has 0 unspecified atom stereocenters. The summed E-state index contributed by atoms with van der Waals surface area (Å²) in [5.74, 6) is 5.15. The molecular weight excluding hydrogens is 246 g/mol. The summed E-state index contributed by atoms with van der Waals surface area (Å²) < 4.78 is 5.15. The van der Waals surface area contributed by atoms with E-state index in [-0.39, 0.29) is 18.9 Å². The smallest absolute Gasteiger partial charge is 0.307 e. The molecule has 1 rings (SSSR count). The minimum absolute atomic E-state index is 0.0651. The molecule has 0 saturated heterocycles. The molecule has 0 aliphatic carbocycles. The molecule has 5 nitrogen and oxygen atoms in total. The normalized spacial score (nSPS) is 9.16. The van der Waals surface area contributed by atoms with Gasteiger partial charge in [-0.2, -0.15) is 0 Å². The van der Waals surface area contributed by atoms with E-state index in [2.05, 4.69) is 17.2 Å². The molecule has 0 fully saturated rings. The first-order valence-corrected chi connectivity index (χ1v) is 5.65. The van der Waals surface area contributed by atoms with Crippen molar-refractivity contribution < 1.29 is 19.4 Å². The first-order valence-electron chi connectivity index (χ1n) is 5.65. The molecule has 0 spiro atoms. The Hall–Kier alpha value is -2.48. The number of amides is 1. The molecule has 0 aliphatic rings. The summed E-state index contributed by atoms with van der Waals surface area (Å²) in [5, 5.41) is 11.3. The molecule has 19 heavy (non-hydrogen) atoms. The average molecular weight is 261 g/mol. The number of hydrogen-bond acceptors (Lipinski definition) is 3. The second-order valence-electron chi connectivity index (χ2n) is 3.82. The van der Waals surface area contributed by atoms with Gasteiger partial charge in [0.25, 0.3) is 0 Å². The Morgan fingerprint density at radius 1 is 1.42 bits per heavy atom. The van der Waals surface area contributed by atoms with Crippen LogP contribution in [0.3, 0.4) is 0 Å². The third-order valence-electron chi connectivity index (χ3n) is 2.27. The van der Waals surface area contributed by atoms with Crippen LogP contribution in [0, 0.1) is 11.8 Å². The molecule has 0 aromatic heterocycles. The molecule has 0 radical (unpaired) electrons. The van der Waals surface area contributed by atoms with Crippen LogP contribution in [0.15, 0.2) is 18.2 Å². The minimum Gasteiger partial charge on any atom is -0.495 e. The number of carboxylic acid groups (broad SMARTS) is 1. The maximum atomic E-state index is 10.7. The van der Waals surface area contributed by atoms with Gasteiger partial charge in [0, 0.05) is 6.92 Å². The van der Waals surface area contributed by atoms with E-state index in [0.29, 0.717) is 16.9 Å². The van der Waals surface area contributed by atoms with Crippen molar-refractivity contribution in [3.05, 3.63) is 29.3 Å². The van der Waals surface area contributed by atoms with E-state index in [1.165, 1.54) is 14.0 Å². The lowest BCUT2D eigenvalue weighted by Gasteiger charge is -2.05. The highest BCUT2D eigenvalue weighted by Gasteiger charge is 2.05. The minimum atomic E-state index is -0.901. The number of benzene rings is 1. The molecule has 0 heterocycles. The topological polar surface area (TPSA) is 75.6 Å². The largest absolute Gasteiger partial charge is 0.495 e. The van der Waals surface area contributed by atoms with E-state index >= 15 is 0 Å². The van der Waals surface area contributed by atoms with Gasteiger partial charge in [-0.15, -0.1) is 0 Å². The van der Waals surface area contributed by atoms with Gasteiger partial charge in [0.15, 0.2) is 0 Å². The van der Waals surface area contributed by atoms with Gasteiger partial charge in [0.05, 0.1) is 25.6 Å². The predicted octanol–water partition coefficient (Wildman–Crippen LogP) is 0.810. The van der Waals surface area contributed by atoms with Crippen molar-refractivity contribution in [3.8, 4) is 17.6 Å². The Balaban J connectivity index is 2.89. The van der Waals surface area contributed by atoms with Gasteiger partial charge in [0.1, 0.15) is 5.75 Å². The Morgan fingerprint density at radius 2 is 2.16 bits per heavy atom. The van der Waals surface area contributed by atoms with Crippen molar-refractivity contribution >= 4 is 11.9 Å². The molecule has 1 amide bonds. The summed E-state index contributed by atoms with van der Waals surface area (Å²) in [4.78, 5) is 21.3. The van der Waals surface area contributed by atoms with Crippen LogP contribution in [0.4, 0.5) is 0 Å². The fourth-order valence-corrected chi connectivity index (χ4v) is 1.45. The molecule has 100 valence electrons. The molecule has 1 aromatic carbocycles. The molecule has 1 aromatic rings. The van der Waals surface area contributed by atoms with Gasteiger partial charge in [-0.1, -0.05) is 17.9 Å². The van der Waals surface area contributed by atoms with Crippen molar-refractivity contribution in [1.82, 2.24) is 5.32 Å². The van der Waals surface area contributed by atoms with Crippen LogP contribution in [0.2, 0.25) is 0 Å². The van der Waals surface area contributed by atoms with Crippen LogP contribution in [0.1, 0.15) is 18.1 Å². The van der Waals surface area contributed by atoms with Crippen LogP contribution < -0.4 is 10.1 Å². The third kappa shape index (κ3) is 5.13. The van der Waals surface area contributed by atoms with Crippen molar-refractivity contribution in [2.24, 2.45) is 0 Å². The zero-order valence-corrected chi connectivity index (χ0v) is 10.8. The van der Waals surface area contributed by atoms with E-state index in [1.54, 1.807) is 18.2 Å². The number of aliphatic carboxylic acids is 1. The maximum absolute atomic E-state index is 10.7. The maximum Gasteiger partial charge on any atom is 0.307 e. The molecule has 5 heteroatoms.